The van der Waals surface area contributed by atoms with Crippen molar-refractivity contribution in [3.8, 4) is 0 Å². The Morgan fingerprint density at radius 2 is 2.03 bits per heavy atom. The summed E-state index contributed by atoms with van der Waals surface area (Å²) in [4.78, 5) is 4.69. The Labute approximate surface area is 194 Å². The van der Waals surface area contributed by atoms with Crippen LogP contribution in [0.25, 0.3) is 10.9 Å². The molecule has 1 saturated heterocycles. The molecule has 2 aliphatic heterocycles. The number of fused-ring (bicyclic) bond motifs is 1. The third-order valence-electron chi connectivity index (χ3n) is 5.79. The summed E-state index contributed by atoms with van der Waals surface area (Å²) in [5.41, 5.74) is 4.28. The van der Waals surface area contributed by atoms with Crippen molar-refractivity contribution in [1.29, 1.82) is 0 Å². The summed E-state index contributed by atoms with van der Waals surface area (Å²) in [5, 5.41) is 10.5. The molecule has 0 radical (unpaired) electrons. The zero-order valence-corrected chi connectivity index (χ0v) is 19.5. The van der Waals surface area contributed by atoms with Crippen LogP contribution in [0.5, 0.6) is 0 Å². The average Bonchev–Trinajstić information content (AvgIpc) is 2.81. The standard InChI is InChI=1S/C26H31FN4O2/c1-17(2)16-31-18(3)25(33-12-11-32-4)15-24(30-31)21-13-20-5-6-23(19-7-9-28-10-8-19)29-26(20)22(27)14-21/h5-6,13-16,19,28H,3,7-12H2,1-2,4H3. The van der Waals surface area contributed by atoms with Crippen molar-refractivity contribution in [1.82, 2.24) is 15.3 Å². The molecule has 1 fully saturated rings. The van der Waals surface area contributed by atoms with Gasteiger partial charge in [-0.25, -0.2) is 14.4 Å². The van der Waals surface area contributed by atoms with Gasteiger partial charge in [0, 0.05) is 41.9 Å². The van der Waals surface area contributed by atoms with Gasteiger partial charge >= 0.3 is 0 Å². The van der Waals surface area contributed by atoms with Crippen molar-refractivity contribution in [3.05, 3.63) is 77.2 Å². The number of hydrogen-bond donors (Lipinski definition) is 1. The number of ether oxygens (including phenoxy) is 2. The number of allylic oxidation sites excluding steroid dienone is 2. The monoisotopic (exact) mass is 450 g/mol. The van der Waals surface area contributed by atoms with E-state index >= 15 is 4.39 Å². The number of nitrogens with zero attached hydrogens (tertiary/aromatic N) is 3. The number of pyridine rings is 1. The van der Waals surface area contributed by atoms with E-state index in [4.69, 9.17) is 9.47 Å². The third-order valence-corrected chi connectivity index (χ3v) is 5.79. The van der Waals surface area contributed by atoms with Crippen molar-refractivity contribution in [2.75, 3.05) is 33.4 Å². The number of benzene rings is 1. The molecule has 0 amide bonds. The highest BCUT2D eigenvalue weighted by Crippen LogP contribution is 2.29. The van der Waals surface area contributed by atoms with Crippen molar-refractivity contribution in [2.45, 2.75) is 32.6 Å². The molecular formula is C26H31FN4O2. The van der Waals surface area contributed by atoms with Crippen LogP contribution in [-0.2, 0) is 9.47 Å². The molecule has 1 aromatic carbocycles. The average molecular weight is 451 g/mol. The zero-order valence-electron chi connectivity index (χ0n) is 19.5. The molecule has 0 atom stereocenters. The molecule has 2 aromatic rings. The highest BCUT2D eigenvalue weighted by molar-refractivity contribution is 6.11. The Morgan fingerprint density at radius 3 is 2.76 bits per heavy atom. The summed E-state index contributed by atoms with van der Waals surface area (Å²) in [6, 6.07) is 7.41. The van der Waals surface area contributed by atoms with Gasteiger partial charge in [-0.1, -0.05) is 18.2 Å². The lowest BCUT2D eigenvalue weighted by molar-refractivity contribution is 0.109. The van der Waals surface area contributed by atoms with Gasteiger partial charge in [-0.15, -0.1) is 0 Å². The number of halogens is 1. The predicted octanol–water partition coefficient (Wildman–Crippen LogP) is 4.84. The largest absolute Gasteiger partial charge is 0.489 e. The van der Waals surface area contributed by atoms with Gasteiger partial charge in [-0.3, -0.25) is 0 Å². The molecule has 0 spiro atoms. The van der Waals surface area contributed by atoms with Crippen LogP contribution in [0.2, 0.25) is 0 Å². The topological polar surface area (TPSA) is 59.0 Å². The summed E-state index contributed by atoms with van der Waals surface area (Å²) in [5.74, 6) is 0.597. The van der Waals surface area contributed by atoms with Gasteiger partial charge in [0.25, 0.3) is 0 Å². The van der Waals surface area contributed by atoms with E-state index in [1.807, 2.05) is 38.2 Å². The van der Waals surface area contributed by atoms with Crippen molar-refractivity contribution in [3.63, 3.8) is 0 Å². The Morgan fingerprint density at radius 1 is 1.24 bits per heavy atom. The van der Waals surface area contributed by atoms with E-state index in [-0.39, 0.29) is 5.82 Å². The highest BCUT2D eigenvalue weighted by atomic mass is 19.1. The van der Waals surface area contributed by atoms with Crippen molar-refractivity contribution in [2.24, 2.45) is 5.10 Å². The predicted molar refractivity (Wildman–Crippen MR) is 129 cm³/mol. The van der Waals surface area contributed by atoms with E-state index in [0.29, 0.717) is 47.4 Å². The number of hydrogen-bond acceptors (Lipinski definition) is 6. The van der Waals surface area contributed by atoms with E-state index < -0.39 is 0 Å². The van der Waals surface area contributed by atoms with E-state index in [1.54, 1.807) is 18.2 Å². The van der Waals surface area contributed by atoms with Crippen LogP contribution >= 0.6 is 0 Å². The van der Waals surface area contributed by atoms with Gasteiger partial charge in [-0.05, 0) is 58.0 Å². The van der Waals surface area contributed by atoms with Gasteiger partial charge in [-0.2, -0.15) is 5.10 Å². The second-order valence-electron chi connectivity index (χ2n) is 8.62. The van der Waals surface area contributed by atoms with E-state index in [1.165, 1.54) is 6.07 Å². The molecule has 0 bridgehead atoms. The van der Waals surface area contributed by atoms with Crippen LogP contribution in [0.15, 0.2) is 65.3 Å². The molecule has 174 valence electrons. The number of nitrogens with one attached hydrogen (secondary N) is 1. The maximum absolute atomic E-state index is 15.2. The Hall–Kier alpha value is -3.03. The summed E-state index contributed by atoms with van der Waals surface area (Å²) >= 11 is 0. The molecule has 0 saturated carbocycles. The van der Waals surface area contributed by atoms with Gasteiger partial charge in [0.15, 0.2) is 0 Å². The quantitative estimate of drug-likeness (QED) is 0.612. The fourth-order valence-corrected chi connectivity index (χ4v) is 4.08. The lowest BCUT2D eigenvalue weighted by Crippen LogP contribution is -2.27. The van der Waals surface area contributed by atoms with Crippen molar-refractivity contribution >= 4 is 16.6 Å². The van der Waals surface area contributed by atoms with Crippen LogP contribution in [0.4, 0.5) is 4.39 Å². The first-order valence-corrected chi connectivity index (χ1v) is 11.3. The van der Waals surface area contributed by atoms with Gasteiger partial charge in [0.1, 0.15) is 23.7 Å². The number of hydrazone groups is 1. The smallest absolute Gasteiger partial charge is 0.150 e. The summed E-state index contributed by atoms with van der Waals surface area (Å²) in [6.45, 7) is 10.8. The SMILES string of the molecule is C=C1C(OCCOC)=CC(c2cc(F)c3nc(C4CCNCC4)ccc3c2)=NN1C=C(C)C. The molecule has 6 nitrogen and oxygen atoms in total. The highest BCUT2D eigenvalue weighted by Gasteiger charge is 2.22. The first kappa shape index (κ1) is 23.1. The van der Waals surface area contributed by atoms with Crippen LogP contribution in [0, 0.1) is 5.82 Å². The fraction of sp³-hybridized carbons (Fsp3) is 0.385. The second kappa shape index (κ2) is 10.3. The normalized spacial score (nSPS) is 17.1. The number of piperidine rings is 1. The minimum Gasteiger partial charge on any atom is -0.489 e. The molecule has 0 unspecified atom stereocenters. The lowest BCUT2D eigenvalue weighted by atomic mass is 9.93. The van der Waals surface area contributed by atoms with Crippen LogP contribution in [-0.4, -0.2) is 49.1 Å². The maximum atomic E-state index is 15.2. The molecular weight excluding hydrogens is 419 g/mol. The summed E-state index contributed by atoms with van der Waals surface area (Å²) in [7, 11) is 1.62. The number of rotatable bonds is 7. The van der Waals surface area contributed by atoms with Gasteiger partial charge in [0.2, 0.25) is 0 Å². The molecule has 4 rings (SSSR count). The molecule has 7 heteroatoms. The van der Waals surface area contributed by atoms with Gasteiger partial charge < -0.3 is 14.8 Å². The molecule has 1 N–H and O–H groups in total. The molecule has 2 aliphatic rings. The summed E-state index contributed by atoms with van der Waals surface area (Å²) < 4.78 is 26.2. The molecule has 1 aromatic heterocycles. The van der Waals surface area contributed by atoms with E-state index in [0.717, 1.165) is 42.6 Å². The third kappa shape index (κ3) is 5.31. The molecule has 3 heterocycles. The Bertz CT molecular complexity index is 1130. The van der Waals surface area contributed by atoms with E-state index in [9.17, 15) is 0 Å². The number of aromatic nitrogens is 1. The lowest BCUT2D eigenvalue weighted by Gasteiger charge is -2.26. The molecule has 33 heavy (non-hydrogen) atoms. The van der Waals surface area contributed by atoms with Crippen LogP contribution in [0.1, 0.15) is 43.9 Å². The second-order valence-corrected chi connectivity index (χ2v) is 8.62. The van der Waals surface area contributed by atoms with Crippen LogP contribution < -0.4 is 5.32 Å². The minimum atomic E-state index is -0.352. The van der Waals surface area contributed by atoms with Crippen LogP contribution in [0.3, 0.4) is 0 Å². The van der Waals surface area contributed by atoms with Crippen molar-refractivity contribution < 1.29 is 13.9 Å². The number of methoxy groups -OCH3 is 1. The first-order valence-electron chi connectivity index (χ1n) is 11.3. The maximum Gasteiger partial charge on any atom is 0.150 e. The molecule has 0 aliphatic carbocycles. The minimum absolute atomic E-state index is 0.352. The summed E-state index contributed by atoms with van der Waals surface area (Å²) in [6.07, 6.45) is 5.72. The Balaban J connectivity index is 1.70. The van der Waals surface area contributed by atoms with E-state index in [2.05, 4.69) is 22.0 Å². The Kier molecular flexibility index (Phi) is 7.20. The fourth-order valence-electron chi connectivity index (χ4n) is 4.08. The first-order chi connectivity index (χ1) is 16.0. The zero-order chi connectivity index (χ0) is 23.4. The van der Waals surface area contributed by atoms with Gasteiger partial charge in [0.05, 0.1) is 18.0 Å².